The zero-order chi connectivity index (χ0) is 18.6. The molecule has 7 nitrogen and oxygen atoms in total. The summed E-state index contributed by atoms with van der Waals surface area (Å²) in [6.45, 7) is 5.43. The molecule has 3 heterocycles. The molecular weight excluding hydrogens is 362 g/mol. The lowest BCUT2D eigenvalue weighted by Gasteiger charge is -2.35. The molecule has 4 rings (SSSR count). The van der Waals surface area contributed by atoms with Gasteiger partial charge < -0.3 is 15.1 Å². The predicted molar refractivity (Wildman–Crippen MR) is 108 cm³/mol. The molecule has 1 aliphatic heterocycles. The molecule has 0 aliphatic carbocycles. The van der Waals surface area contributed by atoms with Gasteiger partial charge in [0.1, 0.15) is 5.82 Å². The van der Waals surface area contributed by atoms with Crippen molar-refractivity contribution in [3.63, 3.8) is 0 Å². The normalized spacial score (nSPS) is 14.3. The molecule has 1 N–H and O–H groups in total. The SMILES string of the molecule is Cc1c(Cl)cccc1Nc1nncc(N2CCN(c3ccccn3)CC2)n1. The maximum atomic E-state index is 6.18. The Hall–Kier alpha value is -2.93. The lowest BCUT2D eigenvalue weighted by atomic mass is 10.2. The van der Waals surface area contributed by atoms with Crippen LogP contribution in [0, 0.1) is 6.92 Å². The van der Waals surface area contributed by atoms with E-state index in [1.54, 1.807) is 6.20 Å². The number of aromatic nitrogens is 4. The average molecular weight is 382 g/mol. The molecule has 1 fully saturated rings. The van der Waals surface area contributed by atoms with Crippen molar-refractivity contribution in [2.24, 2.45) is 0 Å². The Kier molecular flexibility index (Phi) is 5.02. The van der Waals surface area contributed by atoms with Crippen LogP contribution in [0.15, 0.2) is 48.8 Å². The summed E-state index contributed by atoms with van der Waals surface area (Å²) in [6, 6.07) is 11.7. The quantitative estimate of drug-likeness (QED) is 0.743. The second-order valence-electron chi connectivity index (χ2n) is 6.34. The number of hydrogen-bond acceptors (Lipinski definition) is 7. The first kappa shape index (κ1) is 17.5. The Balaban J connectivity index is 1.45. The first-order valence-corrected chi connectivity index (χ1v) is 9.21. The molecule has 0 unspecified atom stereocenters. The molecule has 2 aromatic heterocycles. The van der Waals surface area contributed by atoms with Gasteiger partial charge in [-0.3, -0.25) is 0 Å². The lowest BCUT2D eigenvalue weighted by molar-refractivity contribution is 0.639. The molecule has 0 bridgehead atoms. The van der Waals surface area contributed by atoms with E-state index in [0.29, 0.717) is 11.0 Å². The maximum Gasteiger partial charge on any atom is 0.249 e. The van der Waals surface area contributed by atoms with Gasteiger partial charge in [0.2, 0.25) is 5.95 Å². The Morgan fingerprint density at radius 3 is 2.48 bits per heavy atom. The zero-order valence-corrected chi connectivity index (χ0v) is 15.8. The van der Waals surface area contributed by atoms with Crippen molar-refractivity contribution in [1.29, 1.82) is 0 Å². The molecule has 0 spiro atoms. The highest BCUT2D eigenvalue weighted by atomic mass is 35.5. The van der Waals surface area contributed by atoms with Crippen LogP contribution in [0.2, 0.25) is 5.02 Å². The second kappa shape index (κ2) is 7.75. The molecule has 1 saturated heterocycles. The summed E-state index contributed by atoms with van der Waals surface area (Å²) in [4.78, 5) is 13.5. The van der Waals surface area contributed by atoms with Gasteiger partial charge in [0.25, 0.3) is 0 Å². The smallest absolute Gasteiger partial charge is 0.249 e. The molecule has 0 amide bonds. The predicted octanol–water partition coefficient (Wildman–Crippen LogP) is 3.30. The third-order valence-corrected chi connectivity index (χ3v) is 5.05. The van der Waals surface area contributed by atoms with E-state index < -0.39 is 0 Å². The van der Waals surface area contributed by atoms with Crippen LogP contribution in [0.5, 0.6) is 0 Å². The molecular formula is C19H20ClN7. The van der Waals surface area contributed by atoms with Crippen LogP contribution in [0.25, 0.3) is 0 Å². The number of nitrogens with zero attached hydrogens (tertiary/aromatic N) is 6. The lowest BCUT2D eigenvalue weighted by Crippen LogP contribution is -2.47. The van der Waals surface area contributed by atoms with Crippen molar-refractivity contribution < 1.29 is 0 Å². The fraction of sp³-hybridized carbons (Fsp3) is 0.263. The first-order valence-electron chi connectivity index (χ1n) is 8.83. The Morgan fingerprint density at radius 2 is 1.74 bits per heavy atom. The Bertz CT molecular complexity index is 911. The van der Waals surface area contributed by atoms with Crippen LogP contribution in [-0.2, 0) is 0 Å². The van der Waals surface area contributed by atoms with Gasteiger partial charge in [-0.15, -0.1) is 5.10 Å². The number of halogens is 1. The van der Waals surface area contributed by atoms with Crippen molar-refractivity contribution in [3.8, 4) is 0 Å². The van der Waals surface area contributed by atoms with Crippen molar-refractivity contribution >= 4 is 34.9 Å². The third kappa shape index (κ3) is 3.93. The molecule has 3 aromatic rings. The van der Waals surface area contributed by atoms with E-state index in [0.717, 1.165) is 49.1 Å². The first-order chi connectivity index (χ1) is 13.2. The molecule has 1 aliphatic rings. The second-order valence-corrected chi connectivity index (χ2v) is 6.74. The number of benzene rings is 1. The van der Waals surface area contributed by atoms with E-state index in [1.165, 1.54) is 0 Å². The van der Waals surface area contributed by atoms with Gasteiger partial charge in [0.15, 0.2) is 5.82 Å². The van der Waals surface area contributed by atoms with Crippen LogP contribution >= 0.6 is 11.6 Å². The van der Waals surface area contributed by atoms with Crippen LogP contribution in [0.3, 0.4) is 0 Å². The Morgan fingerprint density at radius 1 is 0.963 bits per heavy atom. The largest absolute Gasteiger partial charge is 0.353 e. The van der Waals surface area contributed by atoms with Crippen molar-refractivity contribution in [1.82, 2.24) is 20.2 Å². The Labute approximate surface area is 163 Å². The molecule has 0 radical (unpaired) electrons. The van der Waals surface area contributed by atoms with Gasteiger partial charge in [0, 0.05) is 43.1 Å². The summed E-state index contributed by atoms with van der Waals surface area (Å²) in [5, 5.41) is 12.1. The molecule has 1 aromatic carbocycles. The van der Waals surface area contributed by atoms with Gasteiger partial charge in [-0.25, -0.2) is 4.98 Å². The molecule has 0 atom stereocenters. The summed E-state index contributed by atoms with van der Waals surface area (Å²) in [6.07, 6.45) is 3.53. The summed E-state index contributed by atoms with van der Waals surface area (Å²) >= 11 is 6.18. The van der Waals surface area contributed by atoms with Crippen molar-refractivity contribution in [2.75, 3.05) is 41.3 Å². The average Bonchev–Trinajstić information content (AvgIpc) is 2.72. The van der Waals surface area contributed by atoms with Gasteiger partial charge in [-0.05, 0) is 36.8 Å². The summed E-state index contributed by atoms with van der Waals surface area (Å²) in [5.74, 6) is 2.29. The minimum atomic E-state index is 0.463. The monoisotopic (exact) mass is 381 g/mol. The minimum absolute atomic E-state index is 0.463. The van der Waals surface area contributed by atoms with E-state index in [2.05, 4.69) is 35.3 Å². The van der Waals surface area contributed by atoms with Crippen molar-refractivity contribution in [2.45, 2.75) is 6.92 Å². The van der Waals surface area contributed by atoms with E-state index >= 15 is 0 Å². The van der Waals surface area contributed by atoms with E-state index in [1.807, 2.05) is 49.5 Å². The molecule has 138 valence electrons. The van der Waals surface area contributed by atoms with Gasteiger partial charge in [0.05, 0.1) is 6.20 Å². The summed E-state index contributed by atoms with van der Waals surface area (Å²) in [7, 11) is 0. The van der Waals surface area contributed by atoms with E-state index in [9.17, 15) is 0 Å². The summed E-state index contributed by atoms with van der Waals surface area (Å²) < 4.78 is 0. The maximum absolute atomic E-state index is 6.18. The highest BCUT2D eigenvalue weighted by Gasteiger charge is 2.19. The number of pyridine rings is 1. The number of nitrogens with one attached hydrogen (secondary N) is 1. The highest BCUT2D eigenvalue weighted by molar-refractivity contribution is 6.31. The highest BCUT2D eigenvalue weighted by Crippen LogP contribution is 2.25. The van der Waals surface area contributed by atoms with Crippen LogP contribution in [0.4, 0.5) is 23.3 Å². The zero-order valence-electron chi connectivity index (χ0n) is 15.0. The molecule has 8 heteroatoms. The molecule has 27 heavy (non-hydrogen) atoms. The van der Waals surface area contributed by atoms with Crippen LogP contribution in [0.1, 0.15) is 5.56 Å². The van der Waals surface area contributed by atoms with Gasteiger partial charge in [-0.2, -0.15) is 10.1 Å². The van der Waals surface area contributed by atoms with Gasteiger partial charge in [-0.1, -0.05) is 23.7 Å². The topological polar surface area (TPSA) is 70.1 Å². The fourth-order valence-electron chi connectivity index (χ4n) is 3.07. The fourth-order valence-corrected chi connectivity index (χ4v) is 3.24. The molecule has 0 saturated carbocycles. The minimum Gasteiger partial charge on any atom is -0.353 e. The number of rotatable bonds is 4. The van der Waals surface area contributed by atoms with Crippen LogP contribution < -0.4 is 15.1 Å². The number of hydrogen-bond donors (Lipinski definition) is 1. The van der Waals surface area contributed by atoms with E-state index in [-0.39, 0.29) is 0 Å². The third-order valence-electron chi connectivity index (χ3n) is 4.64. The number of piperazine rings is 1. The van der Waals surface area contributed by atoms with Crippen molar-refractivity contribution in [3.05, 3.63) is 59.4 Å². The van der Waals surface area contributed by atoms with Gasteiger partial charge >= 0.3 is 0 Å². The summed E-state index contributed by atoms with van der Waals surface area (Å²) in [5.41, 5.74) is 1.83. The van der Waals surface area contributed by atoms with E-state index in [4.69, 9.17) is 11.6 Å². The standard InChI is InChI=1S/C19H20ClN7/c1-14-15(20)5-4-6-16(14)23-19-24-18(13-22-25-19)27-11-9-26(10-12-27)17-7-2-3-8-21-17/h2-8,13H,9-12H2,1H3,(H,23,24,25). The number of anilines is 4. The van der Waals surface area contributed by atoms with Crippen LogP contribution in [-0.4, -0.2) is 46.3 Å².